The molecule has 1 fully saturated rings. The van der Waals surface area contributed by atoms with Gasteiger partial charge in [0.15, 0.2) is 0 Å². The smallest absolute Gasteiger partial charge is 0.142 e. The van der Waals surface area contributed by atoms with Gasteiger partial charge in [-0.05, 0) is 37.0 Å². The molecule has 2 aliphatic rings. The van der Waals surface area contributed by atoms with Gasteiger partial charge in [0.25, 0.3) is 0 Å². The Labute approximate surface area is 96.2 Å². The Morgan fingerprint density at radius 1 is 1.44 bits per heavy atom. The Morgan fingerprint density at radius 3 is 3.00 bits per heavy atom. The molecule has 1 saturated carbocycles. The summed E-state index contributed by atoms with van der Waals surface area (Å²) in [6.07, 6.45) is 3.29. The molecule has 3 nitrogen and oxygen atoms in total. The van der Waals surface area contributed by atoms with E-state index in [1.165, 1.54) is 11.3 Å². The number of fused-ring (bicyclic) bond motifs is 1. The second-order valence-corrected chi connectivity index (χ2v) is 5.11. The Morgan fingerprint density at radius 2 is 2.25 bits per heavy atom. The molecule has 0 aromatic heterocycles. The molecule has 3 heteroatoms. The normalized spacial score (nSPS) is 21.2. The molecule has 0 bridgehead atoms. The van der Waals surface area contributed by atoms with Crippen molar-refractivity contribution in [1.29, 1.82) is 0 Å². The number of hydrogen-bond acceptors (Lipinski definition) is 3. The lowest BCUT2D eigenvalue weighted by molar-refractivity contribution is 0.311. The standard InChI is InChI=1S/C13H18N2O/c1-15-6-7-16-12-8-10(2-3-11(12)15)9-13(14)4-5-13/h2-3,8H,4-7,9,14H2,1H3. The molecule has 0 saturated heterocycles. The second-order valence-electron chi connectivity index (χ2n) is 5.11. The quantitative estimate of drug-likeness (QED) is 0.818. The molecule has 1 heterocycles. The highest BCUT2D eigenvalue weighted by atomic mass is 16.5. The number of hydrogen-bond donors (Lipinski definition) is 1. The van der Waals surface area contributed by atoms with Crippen molar-refractivity contribution in [3.8, 4) is 5.75 Å². The van der Waals surface area contributed by atoms with Crippen LogP contribution in [0.25, 0.3) is 0 Å². The number of anilines is 1. The molecule has 0 unspecified atom stereocenters. The van der Waals surface area contributed by atoms with Crippen molar-refractivity contribution >= 4 is 5.69 Å². The van der Waals surface area contributed by atoms with E-state index in [0.717, 1.165) is 38.2 Å². The summed E-state index contributed by atoms with van der Waals surface area (Å²) < 4.78 is 5.69. The Bertz CT molecular complexity index is 412. The predicted molar refractivity (Wildman–Crippen MR) is 65.1 cm³/mol. The molecule has 16 heavy (non-hydrogen) atoms. The first-order chi connectivity index (χ1) is 7.66. The predicted octanol–water partition coefficient (Wildman–Crippen LogP) is 1.55. The number of likely N-dealkylation sites (N-methyl/N-ethyl adjacent to an activating group) is 1. The van der Waals surface area contributed by atoms with Gasteiger partial charge in [0.05, 0.1) is 12.2 Å². The zero-order valence-corrected chi connectivity index (χ0v) is 9.70. The summed E-state index contributed by atoms with van der Waals surface area (Å²) in [6.45, 7) is 1.74. The molecule has 0 radical (unpaired) electrons. The molecule has 1 aromatic carbocycles. The van der Waals surface area contributed by atoms with Crippen LogP contribution in [0.3, 0.4) is 0 Å². The highest BCUT2D eigenvalue weighted by Crippen LogP contribution is 2.38. The lowest BCUT2D eigenvalue weighted by Gasteiger charge is -2.28. The van der Waals surface area contributed by atoms with E-state index in [-0.39, 0.29) is 5.54 Å². The van der Waals surface area contributed by atoms with Crippen molar-refractivity contribution in [2.75, 3.05) is 25.1 Å². The molecule has 86 valence electrons. The summed E-state index contributed by atoms with van der Waals surface area (Å²) in [6, 6.07) is 6.48. The van der Waals surface area contributed by atoms with Gasteiger partial charge in [-0.2, -0.15) is 0 Å². The number of rotatable bonds is 2. The lowest BCUT2D eigenvalue weighted by atomic mass is 10.0. The zero-order chi connectivity index (χ0) is 11.2. The van der Waals surface area contributed by atoms with E-state index in [1.54, 1.807) is 0 Å². The molecule has 1 aliphatic heterocycles. The summed E-state index contributed by atoms with van der Waals surface area (Å²) in [7, 11) is 2.10. The van der Waals surface area contributed by atoms with E-state index in [0.29, 0.717) is 0 Å². The largest absolute Gasteiger partial charge is 0.490 e. The lowest BCUT2D eigenvalue weighted by Crippen LogP contribution is -2.29. The van der Waals surface area contributed by atoms with Crippen molar-refractivity contribution in [1.82, 2.24) is 0 Å². The van der Waals surface area contributed by atoms with Crippen molar-refractivity contribution in [3.63, 3.8) is 0 Å². The monoisotopic (exact) mass is 218 g/mol. The van der Waals surface area contributed by atoms with E-state index < -0.39 is 0 Å². The number of ether oxygens (including phenoxy) is 1. The first-order valence-electron chi connectivity index (χ1n) is 5.92. The van der Waals surface area contributed by atoms with E-state index in [4.69, 9.17) is 10.5 Å². The summed E-state index contributed by atoms with van der Waals surface area (Å²) >= 11 is 0. The van der Waals surface area contributed by atoms with Crippen LogP contribution in [0.15, 0.2) is 18.2 Å². The maximum atomic E-state index is 6.13. The summed E-state index contributed by atoms with van der Waals surface area (Å²) in [4.78, 5) is 2.23. The molecule has 2 N–H and O–H groups in total. The fourth-order valence-corrected chi connectivity index (χ4v) is 2.26. The van der Waals surface area contributed by atoms with Crippen LogP contribution in [0, 0.1) is 0 Å². The Balaban J connectivity index is 1.86. The Kier molecular flexibility index (Phi) is 2.11. The topological polar surface area (TPSA) is 38.5 Å². The Hall–Kier alpha value is -1.22. The molecule has 1 aromatic rings. The summed E-state index contributed by atoms with van der Waals surface area (Å²) in [5, 5.41) is 0. The van der Waals surface area contributed by atoms with Crippen LogP contribution in [0.5, 0.6) is 5.75 Å². The highest BCUT2D eigenvalue weighted by molar-refractivity contribution is 5.60. The van der Waals surface area contributed by atoms with Crippen molar-refractivity contribution in [2.24, 2.45) is 5.73 Å². The second kappa shape index (κ2) is 3.39. The van der Waals surface area contributed by atoms with Crippen LogP contribution in [-0.2, 0) is 6.42 Å². The van der Waals surface area contributed by atoms with Gasteiger partial charge < -0.3 is 15.4 Å². The average molecular weight is 218 g/mol. The molecular weight excluding hydrogens is 200 g/mol. The summed E-state index contributed by atoms with van der Waals surface area (Å²) in [5.41, 5.74) is 8.70. The van der Waals surface area contributed by atoms with Crippen molar-refractivity contribution in [2.45, 2.75) is 24.8 Å². The van der Waals surface area contributed by atoms with Crippen LogP contribution >= 0.6 is 0 Å². The van der Waals surface area contributed by atoms with Gasteiger partial charge >= 0.3 is 0 Å². The maximum absolute atomic E-state index is 6.13. The van der Waals surface area contributed by atoms with E-state index >= 15 is 0 Å². The third kappa shape index (κ3) is 1.76. The van der Waals surface area contributed by atoms with Gasteiger partial charge in [0.1, 0.15) is 12.4 Å². The van der Waals surface area contributed by atoms with Crippen LogP contribution in [0.4, 0.5) is 5.69 Å². The first kappa shape index (κ1) is 9.97. The molecule has 3 rings (SSSR count). The molecular formula is C13H18N2O. The van der Waals surface area contributed by atoms with Crippen molar-refractivity contribution < 1.29 is 4.74 Å². The molecule has 0 amide bonds. The average Bonchev–Trinajstić information content (AvgIpc) is 2.96. The van der Waals surface area contributed by atoms with Gasteiger partial charge in [-0.15, -0.1) is 0 Å². The highest BCUT2D eigenvalue weighted by Gasteiger charge is 2.38. The number of nitrogens with zero attached hydrogens (tertiary/aromatic N) is 1. The van der Waals surface area contributed by atoms with Crippen LogP contribution in [0.1, 0.15) is 18.4 Å². The van der Waals surface area contributed by atoms with E-state index in [1.807, 2.05) is 0 Å². The van der Waals surface area contributed by atoms with E-state index in [9.17, 15) is 0 Å². The molecule has 0 spiro atoms. The zero-order valence-electron chi connectivity index (χ0n) is 9.70. The van der Waals surface area contributed by atoms with Gasteiger partial charge in [-0.25, -0.2) is 0 Å². The molecule has 0 atom stereocenters. The van der Waals surface area contributed by atoms with Crippen LogP contribution < -0.4 is 15.4 Å². The minimum absolute atomic E-state index is 0.0782. The van der Waals surface area contributed by atoms with Gasteiger partial charge in [-0.1, -0.05) is 6.07 Å². The first-order valence-corrected chi connectivity index (χ1v) is 5.92. The fourth-order valence-electron chi connectivity index (χ4n) is 2.26. The van der Waals surface area contributed by atoms with Crippen LogP contribution in [0.2, 0.25) is 0 Å². The van der Waals surface area contributed by atoms with Gasteiger partial charge in [0, 0.05) is 12.6 Å². The van der Waals surface area contributed by atoms with E-state index in [2.05, 4.69) is 30.1 Å². The SMILES string of the molecule is CN1CCOc2cc(CC3(N)CC3)ccc21. The molecule has 1 aliphatic carbocycles. The number of benzene rings is 1. The minimum atomic E-state index is 0.0782. The van der Waals surface area contributed by atoms with Gasteiger partial charge in [-0.3, -0.25) is 0 Å². The van der Waals surface area contributed by atoms with Gasteiger partial charge in [0.2, 0.25) is 0 Å². The fraction of sp³-hybridized carbons (Fsp3) is 0.538. The third-order valence-electron chi connectivity index (χ3n) is 3.57. The maximum Gasteiger partial charge on any atom is 0.142 e. The van der Waals surface area contributed by atoms with Crippen molar-refractivity contribution in [3.05, 3.63) is 23.8 Å². The van der Waals surface area contributed by atoms with Crippen LogP contribution in [-0.4, -0.2) is 25.7 Å². The minimum Gasteiger partial charge on any atom is -0.490 e. The third-order valence-corrected chi connectivity index (χ3v) is 3.57. The summed E-state index contributed by atoms with van der Waals surface area (Å²) in [5.74, 6) is 1.01. The number of nitrogens with two attached hydrogens (primary N) is 1.